The summed E-state index contributed by atoms with van der Waals surface area (Å²) < 4.78 is 7.68. The van der Waals surface area contributed by atoms with Crippen molar-refractivity contribution in [2.24, 2.45) is 7.05 Å². The predicted molar refractivity (Wildman–Crippen MR) is 198 cm³/mol. The molecule has 0 aliphatic rings. The van der Waals surface area contributed by atoms with Crippen LogP contribution >= 0.6 is 11.3 Å². The van der Waals surface area contributed by atoms with Crippen LogP contribution in [-0.4, -0.2) is 9.55 Å². The monoisotopic (exact) mass is 618 g/mol. The molecule has 0 saturated carbocycles. The third kappa shape index (κ3) is 4.16. The molecule has 0 saturated heterocycles. The number of rotatable bonds is 4. The molecule has 5 aromatic carbocycles. The fourth-order valence-corrected chi connectivity index (χ4v) is 8.94. The van der Waals surface area contributed by atoms with Gasteiger partial charge in [-0.2, -0.15) is 4.57 Å². The second kappa shape index (κ2) is 10.5. The van der Waals surface area contributed by atoms with E-state index in [4.69, 9.17) is 4.98 Å². The molecule has 0 spiro atoms. The lowest BCUT2D eigenvalue weighted by Gasteiger charge is -2.19. The highest BCUT2D eigenvalue weighted by Gasteiger charge is 2.34. The van der Waals surface area contributed by atoms with Gasteiger partial charge in [0.25, 0.3) is 5.82 Å². The first-order chi connectivity index (χ1) is 22.1. The number of aromatic nitrogens is 3. The summed E-state index contributed by atoms with van der Waals surface area (Å²) in [5.41, 5.74) is 11.1. The van der Waals surface area contributed by atoms with Crippen molar-refractivity contribution in [2.45, 2.75) is 60.3 Å². The lowest BCUT2D eigenvalue weighted by atomic mass is 9.92. The number of thiophene rings is 1. The van der Waals surface area contributed by atoms with E-state index in [1.165, 1.54) is 86.5 Å². The summed E-state index contributed by atoms with van der Waals surface area (Å²) in [7, 11) is 2.24. The van der Waals surface area contributed by atoms with Crippen LogP contribution in [0.1, 0.15) is 67.6 Å². The highest BCUT2D eigenvalue weighted by molar-refractivity contribution is 7.26. The fraction of sp³-hybridized carbons (Fsp3) is 0.238. The smallest absolute Gasteiger partial charge is 0.254 e. The first-order valence-corrected chi connectivity index (χ1v) is 17.2. The zero-order valence-electron chi connectivity index (χ0n) is 28.0. The maximum Gasteiger partial charge on any atom is 0.295 e. The number of imidazole rings is 1. The summed E-state index contributed by atoms with van der Waals surface area (Å²) in [5, 5.41) is 7.85. The van der Waals surface area contributed by atoms with Gasteiger partial charge in [0.2, 0.25) is 5.52 Å². The number of para-hydroxylation sites is 1. The van der Waals surface area contributed by atoms with Crippen LogP contribution in [0.4, 0.5) is 0 Å². The van der Waals surface area contributed by atoms with E-state index < -0.39 is 0 Å². The van der Waals surface area contributed by atoms with Crippen LogP contribution in [0.25, 0.3) is 69.8 Å². The van der Waals surface area contributed by atoms with Crippen LogP contribution in [-0.2, 0) is 7.05 Å². The van der Waals surface area contributed by atoms with Gasteiger partial charge in [-0.1, -0.05) is 88.4 Å². The first kappa shape index (κ1) is 28.9. The maximum atomic E-state index is 5.04. The van der Waals surface area contributed by atoms with Gasteiger partial charge in [-0.25, -0.2) is 4.57 Å². The molecule has 0 atom stereocenters. The minimum atomic E-state index is 0.364. The number of aryl methyl sites for hydroxylation is 4. The van der Waals surface area contributed by atoms with Crippen molar-refractivity contribution in [1.82, 2.24) is 9.55 Å². The maximum absolute atomic E-state index is 5.04. The summed E-state index contributed by atoms with van der Waals surface area (Å²) in [5.74, 6) is 1.94. The van der Waals surface area contributed by atoms with Gasteiger partial charge >= 0.3 is 0 Å². The largest absolute Gasteiger partial charge is 0.295 e. The van der Waals surface area contributed by atoms with Crippen molar-refractivity contribution >= 4 is 64.1 Å². The molecule has 0 unspecified atom stereocenters. The zero-order valence-corrected chi connectivity index (χ0v) is 28.8. The standard InChI is InChI=1S/C42H40N3S/c1-23(2)31-14-11-15-32(24(3)4)40(31)45-39-27(7)43-26(6)20-35(39)44(8)42(45)37-25(5)16-19-36-38(37)33-18-17-30-21-28-12-9-10-13-29(28)22-34(30)41(33)46-36/h9-24H,1-8H3/q+1. The summed E-state index contributed by atoms with van der Waals surface area (Å²) in [6.07, 6.45) is 0. The van der Waals surface area contributed by atoms with Crippen molar-refractivity contribution in [3.05, 3.63) is 113 Å². The van der Waals surface area contributed by atoms with Crippen molar-refractivity contribution in [2.75, 3.05) is 0 Å². The van der Waals surface area contributed by atoms with Crippen molar-refractivity contribution < 1.29 is 4.57 Å². The number of nitrogens with zero attached hydrogens (tertiary/aromatic N) is 3. The van der Waals surface area contributed by atoms with Crippen LogP contribution in [0.2, 0.25) is 0 Å². The molecule has 228 valence electrons. The van der Waals surface area contributed by atoms with Crippen molar-refractivity contribution in [3.63, 3.8) is 0 Å². The number of hydrogen-bond donors (Lipinski definition) is 0. The Morgan fingerprint density at radius 2 is 1.41 bits per heavy atom. The van der Waals surface area contributed by atoms with Crippen LogP contribution in [0.5, 0.6) is 0 Å². The molecule has 8 aromatic rings. The molecule has 3 nitrogen and oxygen atoms in total. The Morgan fingerprint density at radius 1 is 0.717 bits per heavy atom. The van der Waals surface area contributed by atoms with Gasteiger partial charge in [0.1, 0.15) is 5.69 Å². The molecule has 8 rings (SSSR count). The number of pyridine rings is 1. The van der Waals surface area contributed by atoms with E-state index in [9.17, 15) is 0 Å². The SMILES string of the molecule is Cc1cc2c(c(C)n1)[n+](-c1c(C(C)C)cccc1C(C)C)c(-c1c(C)ccc3sc4c5cc6ccccc6cc5ccc4c13)n2C. The van der Waals surface area contributed by atoms with Gasteiger partial charge < -0.3 is 0 Å². The van der Waals surface area contributed by atoms with Crippen molar-refractivity contribution in [3.8, 4) is 17.1 Å². The van der Waals surface area contributed by atoms with Gasteiger partial charge in [0.15, 0.2) is 5.52 Å². The van der Waals surface area contributed by atoms with E-state index in [-0.39, 0.29) is 0 Å². The van der Waals surface area contributed by atoms with E-state index >= 15 is 0 Å². The Morgan fingerprint density at radius 3 is 2.11 bits per heavy atom. The van der Waals surface area contributed by atoms with E-state index in [0.29, 0.717) is 11.8 Å². The lowest BCUT2D eigenvalue weighted by molar-refractivity contribution is -0.557. The minimum absolute atomic E-state index is 0.364. The molecular formula is C42H40N3S+. The topological polar surface area (TPSA) is 21.7 Å². The Kier molecular flexibility index (Phi) is 6.60. The second-order valence-corrected chi connectivity index (χ2v) is 14.7. The van der Waals surface area contributed by atoms with Gasteiger partial charge in [0, 0.05) is 48.4 Å². The molecule has 0 aliphatic heterocycles. The third-order valence-corrected chi connectivity index (χ3v) is 11.1. The number of benzene rings is 5. The fourth-order valence-electron chi connectivity index (χ4n) is 7.70. The molecule has 0 amide bonds. The zero-order chi connectivity index (χ0) is 32.0. The lowest BCUT2D eigenvalue weighted by Crippen LogP contribution is -2.37. The Labute approximate surface area is 274 Å². The summed E-state index contributed by atoms with van der Waals surface area (Å²) in [6.45, 7) is 15.8. The molecule has 4 heteroatoms. The molecular weight excluding hydrogens is 579 g/mol. The minimum Gasteiger partial charge on any atom is -0.254 e. The van der Waals surface area contributed by atoms with E-state index in [1.807, 2.05) is 11.3 Å². The molecule has 0 bridgehead atoms. The molecule has 0 fully saturated rings. The average molecular weight is 619 g/mol. The number of hydrogen-bond acceptors (Lipinski definition) is 2. The van der Waals surface area contributed by atoms with Gasteiger partial charge in [-0.3, -0.25) is 4.98 Å². The Bertz CT molecular complexity index is 2500. The first-order valence-electron chi connectivity index (χ1n) is 16.4. The van der Waals surface area contributed by atoms with Gasteiger partial charge in [-0.15, -0.1) is 11.3 Å². The second-order valence-electron chi connectivity index (χ2n) is 13.6. The molecule has 0 N–H and O–H groups in total. The summed E-state index contributed by atoms with van der Waals surface area (Å²) in [4.78, 5) is 5.04. The average Bonchev–Trinajstić information content (AvgIpc) is 3.55. The predicted octanol–water partition coefficient (Wildman–Crippen LogP) is 11.4. The van der Waals surface area contributed by atoms with E-state index in [2.05, 4.69) is 150 Å². The van der Waals surface area contributed by atoms with Crippen molar-refractivity contribution in [1.29, 1.82) is 0 Å². The molecule has 0 radical (unpaired) electrons. The van der Waals surface area contributed by atoms with Gasteiger partial charge in [0.05, 0.1) is 18.3 Å². The summed E-state index contributed by atoms with van der Waals surface area (Å²) in [6, 6.07) is 31.9. The molecule has 0 aliphatic carbocycles. The van der Waals surface area contributed by atoms with E-state index in [1.54, 1.807) is 0 Å². The Hall–Kier alpha value is -4.54. The summed E-state index contributed by atoms with van der Waals surface area (Å²) >= 11 is 1.92. The Balaban J connectivity index is 1.57. The highest BCUT2D eigenvalue weighted by atomic mass is 32.1. The van der Waals surface area contributed by atoms with Gasteiger partial charge in [-0.05, 0) is 72.5 Å². The van der Waals surface area contributed by atoms with Crippen LogP contribution in [0.15, 0.2) is 84.9 Å². The van der Waals surface area contributed by atoms with Crippen LogP contribution in [0, 0.1) is 20.8 Å². The third-order valence-electron chi connectivity index (χ3n) is 9.87. The quantitative estimate of drug-likeness (QED) is 0.142. The normalized spacial score (nSPS) is 12.3. The van der Waals surface area contributed by atoms with E-state index in [0.717, 1.165) is 11.4 Å². The molecule has 3 heterocycles. The molecule has 3 aromatic heterocycles. The molecule has 46 heavy (non-hydrogen) atoms. The highest BCUT2D eigenvalue weighted by Crippen LogP contribution is 2.45. The van der Waals surface area contributed by atoms with Crippen LogP contribution in [0.3, 0.4) is 0 Å². The number of fused-ring (bicyclic) bond motifs is 7. The van der Waals surface area contributed by atoms with Crippen LogP contribution < -0.4 is 4.57 Å².